The lowest BCUT2D eigenvalue weighted by Crippen LogP contribution is -2.59. The first kappa shape index (κ1) is 53.8. The molecule has 0 saturated carbocycles. The van der Waals surface area contributed by atoms with Crippen LogP contribution in [0, 0.1) is 0 Å². The van der Waals surface area contributed by atoms with Gasteiger partial charge in [0, 0.05) is 61.9 Å². The topological polar surface area (TPSA) is 190 Å². The van der Waals surface area contributed by atoms with Crippen molar-refractivity contribution in [3.63, 3.8) is 0 Å². The van der Waals surface area contributed by atoms with Crippen LogP contribution in [0.15, 0.2) is 41.1 Å². The molecular weight excluding hydrogens is 840 g/mol. The molecule has 4 heterocycles. The lowest BCUT2D eigenvalue weighted by molar-refractivity contribution is -0.134. The van der Waals surface area contributed by atoms with Crippen LogP contribution in [0.25, 0.3) is 0 Å². The third-order valence-corrected chi connectivity index (χ3v) is 8.72. The number of hydrogen-bond acceptors (Lipinski definition) is 13. The Morgan fingerprint density at radius 3 is 1.60 bits per heavy atom. The fourth-order valence-electron chi connectivity index (χ4n) is 5.54. The number of rotatable bonds is 5. The number of carboxylic acid groups (broad SMARTS) is 1. The lowest BCUT2D eigenvalue weighted by Gasteiger charge is -2.46. The van der Waals surface area contributed by atoms with E-state index in [1.165, 1.54) is 14.2 Å². The van der Waals surface area contributed by atoms with Crippen LogP contribution in [0.1, 0.15) is 110 Å². The van der Waals surface area contributed by atoms with E-state index in [1.807, 2.05) is 57.4 Å². The van der Waals surface area contributed by atoms with E-state index in [0.717, 1.165) is 43.0 Å². The van der Waals surface area contributed by atoms with Gasteiger partial charge in [-0.2, -0.15) is 0 Å². The number of nitrogens with zero attached hydrogens (tertiary/aromatic N) is 5. The number of piperazine rings is 2. The van der Waals surface area contributed by atoms with Crippen molar-refractivity contribution in [3.8, 4) is 0 Å². The number of carbonyl (C=O) groups is 5. The molecule has 0 aliphatic carbocycles. The van der Waals surface area contributed by atoms with Gasteiger partial charge >= 0.3 is 24.1 Å². The first-order valence-corrected chi connectivity index (χ1v) is 19.7. The van der Waals surface area contributed by atoms with E-state index in [1.54, 1.807) is 30.6 Å². The number of nitrogens with one attached hydrogen (secondary N) is 1. The van der Waals surface area contributed by atoms with E-state index in [2.05, 4.69) is 73.3 Å². The van der Waals surface area contributed by atoms with Gasteiger partial charge in [-0.1, -0.05) is 13.8 Å². The molecule has 4 atom stereocenters. The molecule has 4 rings (SSSR count). The summed E-state index contributed by atoms with van der Waals surface area (Å²) in [6.07, 6.45) is 4.56. The Kier molecular flexibility index (Phi) is 23.5. The summed E-state index contributed by atoms with van der Waals surface area (Å²) in [5, 5.41) is 10.8. The van der Waals surface area contributed by atoms with E-state index >= 15 is 0 Å². The van der Waals surface area contributed by atoms with Crippen molar-refractivity contribution in [3.05, 3.63) is 52.5 Å². The van der Waals surface area contributed by atoms with Crippen molar-refractivity contribution in [1.82, 2.24) is 25.1 Å². The Morgan fingerprint density at radius 2 is 1.22 bits per heavy atom. The first-order chi connectivity index (χ1) is 26.5. The SMILES string of the molecule is CC(=O)O.CC[C@H]1CN(c2ccc(C(=O)OC)nc2)[C@H](C)CN1C(=O)OC(C)(C)C.CC[C@H]1CN[C@H](C)CN1C(=O)OC(C)(C)C.COC(=O)c1ccc(Br)cn1.Cl. The van der Waals surface area contributed by atoms with Crippen LogP contribution >= 0.6 is 28.3 Å². The zero-order valence-electron chi connectivity index (χ0n) is 36.2. The zero-order valence-corrected chi connectivity index (χ0v) is 38.6. The quantitative estimate of drug-likeness (QED) is 0.226. The van der Waals surface area contributed by atoms with Gasteiger partial charge in [0.25, 0.3) is 5.97 Å². The van der Waals surface area contributed by atoms with E-state index in [0.29, 0.717) is 24.8 Å². The minimum Gasteiger partial charge on any atom is -0.481 e. The number of carbonyl (C=O) groups excluding carboxylic acids is 4. The summed E-state index contributed by atoms with van der Waals surface area (Å²) in [6.45, 7) is 23.6. The Balaban J connectivity index is 0.000000863. The molecule has 328 valence electrons. The normalized spacial score (nSPS) is 18.8. The Bertz CT molecular complexity index is 1580. The van der Waals surface area contributed by atoms with Gasteiger partial charge in [-0.05, 0) is 108 Å². The molecule has 2 aliphatic rings. The number of methoxy groups -OCH3 is 2. The molecule has 0 unspecified atom stereocenters. The minimum absolute atomic E-state index is 0. The van der Waals surface area contributed by atoms with E-state index in [4.69, 9.17) is 19.4 Å². The summed E-state index contributed by atoms with van der Waals surface area (Å²) in [5.74, 6) is -1.71. The summed E-state index contributed by atoms with van der Waals surface area (Å²) in [6, 6.07) is 7.62. The van der Waals surface area contributed by atoms with Crippen LogP contribution in [0.2, 0.25) is 0 Å². The highest BCUT2D eigenvalue weighted by Crippen LogP contribution is 2.26. The second-order valence-electron chi connectivity index (χ2n) is 15.5. The highest BCUT2D eigenvalue weighted by atomic mass is 79.9. The average Bonchev–Trinajstić information content (AvgIpc) is 3.13. The van der Waals surface area contributed by atoms with Crippen LogP contribution in [0.4, 0.5) is 15.3 Å². The summed E-state index contributed by atoms with van der Waals surface area (Å²) in [4.78, 5) is 69.8. The average molecular weight is 904 g/mol. The molecule has 2 saturated heterocycles. The molecule has 2 aliphatic heterocycles. The summed E-state index contributed by atoms with van der Waals surface area (Å²) >= 11 is 3.20. The molecule has 2 N–H and O–H groups in total. The fraction of sp³-hybridized carbons (Fsp3) is 0.625. The fourth-order valence-corrected chi connectivity index (χ4v) is 5.77. The van der Waals surface area contributed by atoms with E-state index in [-0.39, 0.29) is 48.4 Å². The predicted molar refractivity (Wildman–Crippen MR) is 228 cm³/mol. The van der Waals surface area contributed by atoms with Gasteiger partial charge in [-0.3, -0.25) is 4.79 Å². The smallest absolute Gasteiger partial charge is 0.410 e. The predicted octanol–water partition coefficient (Wildman–Crippen LogP) is 7.23. The number of esters is 2. The first-order valence-electron chi connectivity index (χ1n) is 18.9. The standard InChI is InChI=1S/C19H29N3O4.C12H24N2O2.C7H6BrNO2.C2H4O2.ClH/c1-7-14-12-21(15-8-9-16(20-10-15)17(23)25-6)13(2)11-22(14)18(24)26-19(3,4)5;1-6-10-7-13-9(2)8-14(10)11(15)16-12(3,4)5;1-11-7(10)6-3-2-5(8)4-9-6;1-2(3)4;/h8-10,13-14H,7,11-12H2,1-6H3;9-10,13H,6-8H2,1-5H3;2-4H,1H3;1H3,(H,3,4);1H/t13-,14+;9-,10+;;;/m11.../s1. The number of carboxylic acids is 1. The number of aromatic nitrogens is 2. The molecule has 0 radical (unpaired) electrons. The second kappa shape index (κ2) is 25.3. The van der Waals surface area contributed by atoms with Gasteiger partial charge in [0.1, 0.15) is 22.6 Å². The Labute approximate surface area is 358 Å². The molecular formula is C40H64BrClN6O10. The summed E-state index contributed by atoms with van der Waals surface area (Å²) in [5.41, 5.74) is 0.596. The van der Waals surface area contributed by atoms with Gasteiger partial charge in [0.05, 0.1) is 32.1 Å². The number of halogens is 2. The van der Waals surface area contributed by atoms with Gasteiger partial charge in [-0.15, -0.1) is 12.4 Å². The van der Waals surface area contributed by atoms with Crippen LogP contribution < -0.4 is 10.2 Å². The Hall–Kier alpha value is -4.22. The van der Waals surface area contributed by atoms with Crippen molar-refractivity contribution in [2.45, 2.75) is 124 Å². The minimum atomic E-state index is -0.833. The molecule has 0 spiro atoms. The summed E-state index contributed by atoms with van der Waals surface area (Å²) < 4.78 is 21.0. The highest BCUT2D eigenvalue weighted by molar-refractivity contribution is 9.10. The second-order valence-corrected chi connectivity index (χ2v) is 16.4. The van der Waals surface area contributed by atoms with Crippen molar-refractivity contribution in [2.75, 3.05) is 45.3 Å². The van der Waals surface area contributed by atoms with E-state index < -0.39 is 29.1 Å². The molecule has 16 nitrogen and oxygen atoms in total. The lowest BCUT2D eigenvalue weighted by atomic mass is 10.0. The van der Waals surface area contributed by atoms with Crippen molar-refractivity contribution >= 4 is 64.1 Å². The van der Waals surface area contributed by atoms with Gasteiger partial charge in [0.2, 0.25) is 0 Å². The monoisotopic (exact) mass is 902 g/mol. The molecule has 2 amide bonds. The summed E-state index contributed by atoms with van der Waals surface area (Å²) in [7, 11) is 2.66. The molecule has 58 heavy (non-hydrogen) atoms. The number of pyridine rings is 2. The van der Waals surface area contributed by atoms with Crippen molar-refractivity contribution < 1.29 is 48.0 Å². The maximum atomic E-state index is 12.5. The zero-order chi connectivity index (χ0) is 43.7. The number of ether oxygens (including phenoxy) is 4. The van der Waals surface area contributed by atoms with Crippen molar-refractivity contribution in [2.24, 2.45) is 0 Å². The molecule has 2 fully saturated rings. The maximum absolute atomic E-state index is 12.5. The molecule has 2 aromatic heterocycles. The van der Waals surface area contributed by atoms with Gasteiger partial charge in [-0.25, -0.2) is 29.1 Å². The van der Waals surface area contributed by atoms with Crippen LogP contribution in [-0.4, -0.2) is 131 Å². The third kappa shape index (κ3) is 19.5. The highest BCUT2D eigenvalue weighted by Gasteiger charge is 2.36. The number of hydrogen-bond donors (Lipinski definition) is 2. The van der Waals surface area contributed by atoms with Crippen LogP contribution in [0.5, 0.6) is 0 Å². The number of amides is 2. The van der Waals surface area contributed by atoms with Gasteiger partial charge < -0.3 is 44.1 Å². The molecule has 18 heteroatoms. The van der Waals surface area contributed by atoms with Crippen LogP contribution in [0.3, 0.4) is 0 Å². The van der Waals surface area contributed by atoms with Gasteiger partial charge in [0.15, 0.2) is 0 Å². The molecule has 0 aromatic carbocycles. The third-order valence-electron chi connectivity index (χ3n) is 8.25. The number of anilines is 1. The largest absolute Gasteiger partial charge is 0.481 e. The Morgan fingerprint density at radius 1 is 0.776 bits per heavy atom. The number of aliphatic carboxylic acids is 1. The molecule has 0 bridgehead atoms. The van der Waals surface area contributed by atoms with E-state index in [9.17, 15) is 19.2 Å². The van der Waals surface area contributed by atoms with Crippen molar-refractivity contribution in [1.29, 1.82) is 0 Å². The molecule has 2 aromatic rings. The van der Waals surface area contributed by atoms with Crippen LogP contribution in [-0.2, 0) is 23.7 Å². The maximum Gasteiger partial charge on any atom is 0.410 e.